The number of amides is 1. The number of aromatic amines is 1. The standard InChI is InChI=1S/C53H62N8O7S/c1-33(2)41-8-5-6-9-42(41)45-10-7-19-60(45)38-27-53(28-38)17-20-59(21-18-53)37-11-12-43(47(23-37)68-39-24-44-35(29-54)30-55-50(44)56-31-39)51(62)58-69(65,66)40-25-46(61(63)64)49-48(26-40)67-32-36(57-49)22-34-13-15-52(3,4)16-14-34/h5-6,8-9,11-12,23-26,30-31,33-34,36,38,45,57H,7,10,13-22,27-28,32H2,1-4H3,(H,55,56)(H,58,62)/t36-,45+/m0/s1. The highest BCUT2D eigenvalue weighted by Crippen LogP contribution is 2.54. The van der Waals surface area contributed by atoms with Crippen LogP contribution in [0.5, 0.6) is 17.2 Å². The molecule has 0 radical (unpaired) electrons. The SMILES string of the molecule is CC(C)c1ccccc1[C@H]1CCCN1C1CC2(CCN(c3ccc(C(=O)NS(=O)(=O)c4cc5c(c([N+](=O)[O-])c4)N[C@@H](CC4CCC(C)(C)CC4)CO5)c(Oc4cnc5[nH]cc(C#N)c5c4)c3)CC2)C1. The largest absolute Gasteiger partial charge is 0.489 e. The van der Waals surface area contributed by atoms with Gasteiger partial charge in [-0.1, -0.05) is 52.0 Å². The van der Waals surface area contributed by atoms with Crippen molar-refractivity contribution in [3.8, 4) is 23.3 Å². The van der Waals surface area contributed by atoms with E-state index in [0.29, 0.717) is 45.9 Å². The van der Waals surface area contributed by atoms with Gasteiger partial charge in [-0.15, -0.1) is 0 Å². The van der Waals surface area contributed by atoms with Gasteiger partial charge in [0.25, 0.3) is 21.6 Å². The number of anilines is 2. The van der Waals surface area contributed by atoms with E-state index in [-0.39, 0.29) is 46.6 Å². The molecular formula is C53H62N8O7S. The quantitative estimate of drug-likeness (QED) is 0.0792. The van der Waals surface area contributed by atoms with Gasteiger partial charge in [0, 0.05) is 60.6 Å². The van der Waals surface area contributed by atoms with Crippen molar-refractivity contribution in [2.45, 2.75) is 127 Å². The maximum Gasteiger partial charge on any atom is 0.297 e. The number of likely N-dealkylation sites (tertiary alicyclic amines) is 1. The van der Waals surface area contributed by atoms with Gasteiger partial charge >= 0.3 is 0 Å². The number of H-pyrrole nitrogens is 1. The summed E-state index contributed by atoms with van der Waals surface area (Å²) in [6, 6.07) is 20.9. The van der Waals surface area contributed by atoms with E-state index < -0.39 is 31.4 Å². The second kappa shape index (κ2) is 18.3. The molecule has 15 nitrogen and oxygen atoms in total. The lowest BCUT2D eigenvalue weighted by atomic mass is 9.59. The number of pyridine rings is 1. The fourth-order valence-electron chi connectivity index (χ4n) is 12.0. The number of hydrogen-bond donors (Lipinski definition) is 3. The molecule has 0 bridgehead atoms. The Bertz CT molecular complexity index is 2940. The number of fused-ring (bicyclic) bond motifs is 2. The molecule has 5 aromatic rings. The molecule has 4 fully saturated rings. The number of nitrogens with one attached hydrogen (secondary N) is 3. The third kappa shape index (κ3) is 9.35. The lowest BCUT2D eigenvalue weighted by molar-refractivity contribution is -0.384. The number of benzene rings is 3. The van der Waals surface area contributed by atoms with Crippen LogP contribution in [0.1, 0.15) is 137 Å². The number of aromatic nitrogens is 2. The molecule has 2 atom stereocenters. The highest BCUT2D eigenvalue weighted by atomic mass is 32.2. The van der Waals surface area contributed by atoms with Gasteiger partial charge in [0.2, 0.25) is 0 Å². The second-order valence-corrected chi connectivity index (χ2v) is 23.1. The van der Waals surface area contributed by atoms with Crippen molar-refractivity contribution in [2.24, 2.45) is 16.7 Å². The third-order valence-electron chi connectivity index (χ3n) is 16.0. The van der Waals surface area contributed by atoms with Crippen molar-refractivity contribution in [3.05, 3.63) is 105 Å². The Balaban J connectivity index is 0.860. The summed E-state index contributed by atoms with van der Waals surface area (Å²) in [5.74, 6) is 0.301. The van der Waals surface area contributed by atoms with Crippen molar-refractivity contribution in [2.75, 3.05) is 36.5 Å². The number of nitro groups is 1. The first kappa shape index (κ1) is 46.5. The number of nitriles is 1. The number of piperidine rings is 1. The van der Waals surface area contributed by atoms with Crippen molar-refractivity contribution < 1.29 is 27.6 Å². The van der Waals surface area contributed by atoms with Crippen LogP contribution in [0.15, 0.2) is 78.0 Å². The van der Waals surface area contributed by atoms with Gasteiger partial charge in [0.1, 0.15) is 29.8 Å². The van der Waals surface area contributed by atoms with Gasteiger partial charge in [-0.3, -0.25) is 19.8 Å². The highest BCUT2D eigenvalue weighted by molar-refractivity contribution is 7.90. The maximum absolute atomic E-state index is 14.2. The molecular weight excluding hydrogens is 893 g/mol. The Hall–Kier alpha value is -6.18. The average Bonchev–Trinajstić information content (AvgIpc) is 3.98. The molecule has 16 heteroatoms. The van der Waals surface area contributed by atoms with Crippen molar-refractivity contribution >= 4 is 44.0 Å². The molecule has 69 heavy (non-hydrogen) atoms. The van der Waals surface area contributed by atoms with Crippen molar-refractivity contribution in [3.63, 3.8) is 0 Å². The number of hydrogen-bond acceptors (Lipinski definition) is 12. The lowest BCUT2D eigenvalue weighted by Gasteiger charge is -2.56. The summed E-state index contributed by atoms with van der Waals surface area (Å²) in [4.78, 5) is 38.0. The molecule has 0 unspecified atom stereocenters. The molecule has 5 aliphatic rings. The minimum Gasteiger partial charge on any atom is -0.489 e. The third-order valence-corrected chi connectivity index (χ3v) is 17.3. The number of rotatable bonds is 12. The van der Waals surface area contributed by atoms with Crippen LogP contribution in [0, 0.1) is 38.2 Å². The normalized spacial score (nSPS) is 21.5. The van der Waals surface area contributed by atoms with Gasteiger partial charge in [0.15, 0.2) is 11.4 Å². The van der Waals surface area contributed by atoms with Gasteiger partial charge in [-0.25, -0.2) is 18.1 Å². The number of carbonyl (C=O) groups is 1. The lowest BCUT2D eigenvalue weighted by Crippen LogP contribution is -2.54. The summed E-state index contributed by atoms with van der Waals surface area (Å²) < 4.78 is 42.6. The van der Waals surface area contributed by atoms with Gasteiger partial charge < -0.3 is 24.7 Å². The van der Waals surface area contributed by atoms with Crippen LogP contribution in [0.25, 0.3) is 11.0 Å². The fourth-order valence-corrected chi connectivity index (χ4v) is 13.0. The van der Waals surface area contributed by atoms with Crippen molar-refractivity contribution in [1.29, 1.82) is 5.26 Å². The number of ether oxygens (including phenoxy) is 2. The monoisotopic (exact) mass is 954 g/mol. The highest BCUT2D eigenvalue weighted by Gasteiger charge is 2.50. The van der Waals surface area contributed by atoms with E-state index in [1.54, 1.807) is 30.5 Å². The van der Waals surface area contributed by atoms with Crippen LogP contribution in [-0.2, 0) is 10.0 Å². The Morgan fingerprint density at radius 2 is 1.81 bits per heavy atom. The minimum absolute atomic E-state index is 0.0317. The van der Waals surface area contributed by atoms with E-state index in [4.69, 9.17) is 9.47 Å². The zero-order chi connectivity index (χ0) is 48.2. The average molecular weight is 955 g/mol. The number of nitro benzene ring substituents is 1. The predicted molar refractivity (Wildman–Crippen MR) is 264 cm³/mol. The molecule has 2 saturated carbocycles. The van der Waals surface area contributed by atoms with Crippen LogP contribution in [0.4, 0.5) is 17.1 Å². The first-order chi connectivity index (χ1) is 33.1. The van der Waals surface area contributed by atoms with Crippen LogP contribution >= 0.6 is 0 Å². The van der Waals surface area contributed by atoms with Crippen LogP contribution < -0.4 is 24.4 Å². The van der Waals surface area contributed by atoms with Gasteiger partial charge in [-0.2, -0.15) is 5.26 Å². The molecule has 1 amide bonds. The molecule has 3 aliphatic heterocycles. The van der Waals surface area contributed by atoms with E-state index >= 15 is 0 Å². The molecule has 362 valence electrons. The van der Waals surface area contributed by atoms with E-state index in [0.717, 1.165) is 76.3 Å². The molecule has 10 rings (SSSR count). The number of sulfonamides is 1. The van der Waals surface area contributed by atoms with Crippen LogP contribution in [0.2, 0.25) is 0 Å². The summed E-state index contributed by atoms with van der Waals surface area (Å²) in [7, 11) is -4.67. The molecule has 2 aliphatic carbocycles. The summed E-state index contributed by atoms with van der Waals surface area (Å²) in [5, 5.41) is 26.0. The van der Waals surface area contributed by atoms with E-state index in [2.05, 4.69) is 87.8 Å². The molecule has 2 saturated heterocycles. The minimum atomic E-state index is -4.67. The summed E-state index contributed by atoms with van der Waals surface area (Å²) >= 11 is 0. The Kier molecular flexibility index (Phi) is 12.3. The summed E-state index contributed by atoms with van der Waals surface area (Å²) in [6.07, 6.45) is 15.0. The van der Waals surface area contributed by atoms with E-state index in [1.165, 1.54) is 49.1 Å². The molecule has 2 aromatic heterocycles. The Morgan fingerprint density at radius 3 is 2.55 bits per heavy atom. The first-order valence-corrected chi connectivity index (χ1v) is 26.1. The fraction of sp³-hybridized carbons (Fsp3) is 0.491. The van der Waals surface area contributed by atoms with Crippen molar-refractivity contribution in [1.82, 2.24) is 19.6 Å². The summed E-state index contributed by atoms with van der Waals surface area (Å²) in [6.45, 7) is 12.1. The molecule has 1 spiro atoms. The van der Waals surface area contributed by atoms with Crippen LogP contribution in [-0.4, -0.2) is 72.4 Å². The molecule has 3 aromatic carbocycles. The first-order valence-electron chi connectivity index (χ1n) is 24.7. The van der Waals surface area contributed by atoms with E-state index in [9.17, 15) is 28.6 Å². The van der Waals surface area contributed by atoms with Crippen LogP contribution in [0.3, 0.4) is 0 Å². The second-order valence-electron chi connectivity index (χ2n) is 21.4. The predicted octanol–water partition coefficient (Wildman–Crippen LogP) is 10.7. The zero-order valence-electron chi connectivity index (χ0n) is 39.9. The van der Waals surface area contributed by atoms with Gasteiger partial charge in [0.05, 0.1) is 33.2 Å². The maximum atomic E-state index is 14.2. The smallest absolute Gasteiger partial charge is 0.297 e. The molecule has 5 heterocycles. The van der Waals surface area contributed by atoms with Gasteiger partial charge in [-0.05, 0) is 129 Å². The van der Waals surface area contributed by atoms with E-state index in [1.807, 2.05) is 0 Å². The summed E-state index contributed by atoms with van der Waals surface area (Å²) in [5.41, 5.74) is 4.78. The number of nitrogens with zero attached hydrogens (tertiary/aromatic N) is 5. The Labute approximate surface area is 404 Å². The number of carbonyl (C=O) groups excluding carboxylic acids is 1. The molecule has 3 N–H and O–H groups in total. The topological polar surface area (TPSA) is 196 Å². The zero-order valence-corrected chi connectivity index (χ0v) is 40.7. The Morgan fingerprint density at radius 1 is 1.04 bits per heavy atom.